The number of anilines is 1. The van der Waals surface area contributed by atoms with Crippen LogP contribution in [0.25, 0.3) is 0 Å². The average molecular weight is 258 g/mol. The minimum atomic E-state index is -1.16. The van der Waals surface area contributed by atoms with E-state index < -0.39 is 33.8 Å². The smallest absolute Gasteiger partial charge is 0.342 e. The monoisotopic (exact) mass is 258 g/mol. The van der Waals surface area contributed by atoms with Crippen LogP contribution in [0.15, 0.2) is 6.07 Å². The average Bonchev–Trinajstić information content (AvgIpc) is 2.32. The fraction of sp³-hybridized carbons (Fsp3) is 0.300. The molecule has 1 rings (SSSR count). The maximum Gasteiger partial charge on any atom is 0.342 e. The van der Waals surface area contributed by atoms with Crippen LogP contribution in [0.3, 0.4) is 0 Å². The van der Waals surface area contributed by atoms with Crippen molar-refractivity contribution in [3.8, 4) is 5.75 Å². The van der Waals surface area contributed by atoms with Crippen LogP contribution in [0, 0.1) is 15.9 Å². The molecule has 0 heterocycles. The number of nitrogens with zero attached hydrogens (tertiary/aromatic N) is 1. The van der Waals surface area contributed by atoms with Crippen molar-refractivity contribution in [1.29, 1.82) is 0 Å². The fourth-order valence-electron chi connectivity index (χ4n) is 1.34. The lowest BCUT2D eigenvalue weighted by molar-refractivity contribution is -0.384. The Balaban J connectivity index is 3.49. The van der Waals surface area contributed by atoms with Crippen LogP contribution < -0.4 is 10.5 Å². The molecule has 0 aliphatic heterocycles. The van der Waals surface area contributed by atoms with E-state index in [9.17, 15) is 19.3 Å². The third-order valence-corrected chi connectivity index (χ3v) is 2.13. The van der Waals surface area contributed by atoms with Crippen molar-refractivity contribution in [1.82, 2.24) is 0 Å². The molecule has 0 aliphatic carbocycles. The Kier molecular flexibility index (Phi) is 4.03. The first kappa shape index (κ1) is 13.7. The quantitative estimate of drug-likeness (QED) is 0.379. The number of nitro groups is 1. The minimum absolute atomic E-state index is 0.0434. The van der Waals surface area contributed by atoms with Crippen LogP contribution in [0.5, 0.6) is 5.75 Å². The molecule has 1 aromatic rings. The molecule has 0 radical (unpaired) electrons. The Morgan fingerprint density at radius 1 is 1.61 bits per heavy atom. The third-order valence-electron chi connectivity index (χ3n) is 2.13. The van der Waals surface area contributed by atoms with Gasteiger partial charge in [0.15, 0.2) is 17.3 Å². The first-order valence-electron chi connectivity index (χ1n) is 4.91. The summed E-state index contributed by atoms with van der Waals surface area (Å²) in [6, 6.07) is 0.829. The highest BCUT2D eigenvalue weighted by Gasteiger charge is 2.27. The molecule has 0 bridgehead atoms. The van der Waals surface area contributed by atoms with Crippen molar-refractivity contribution in [2.75, 3.05) is 19.5 Å². The summed E-state index contributed by atoms with van der Waals surface area (Å²) in [6.45, 7) is 1.59. The van der Waals surface area contributed by atoms with Crippen molar-refractivity contribution in [3.05, 3.63) is 27.6 Å². The molecule has 0 spiro atoms. The molecule has 0 aromatic heterocycles. The predicted molar refractivity (Wildman–Crippen MR) is 60.0 cm³/mol. The minimum Gasteiger partial charge on any atom is -0.493 e. The molecule has 7 nitrogen and oxygen atoms in total. The summed E-state index contributed by atoms with van der Waals surface area (Å²) in [5.74, 6) is -2.55. The fourth-order valence-corrected chi connectivity index (χ4v) is 1.34. The Hall–Kier alpha value is -2.38. The van der Waals surface area contributed by atoms with Gasteiger partial charge in [0.25, 0.3) is 5.69 Å². The van der Waals surface area contributed by atoms with E-state index in [-0.39, 0.29) is 12.2 Å². The van der Waals surface area contributed by atoms with Gasteiger partial charge >= 0.3 is 5.97 Å². The molecule has 18 heavy (non-hydrogen) atoms. The van der Waals surface area contributed by atoms with Crippen LogP contribution in [-0.4, -0.2) is 24.6 Å². The van der Waals surface area contributed by atoms with Gasteiger partial charge in [0, 0.05) is 6.07 Å². The number of methoxy groups -OCH3 is 1. The van der Waals surface area contributed by atoms with Crippen molar-refractivity contribution in [2.24, 2.45) is 0 Å². The summed E-state index contributed by atoms with van der Waals surface area (Å²) in [5, 5.41) is 10.7. The van der Waals surface area contributed by atoms with E-state index in [0.717, 1.165) is 13.2 Å². The maximum atomic E-state index is 13.7. The Labute approximate surface area is 101 Å². The third kappa shape index (κ3) is 2.31. The maximum absolute atomic E-state index is 13.7. The normalized spacial score (nSPS) is 9.94. The second-order valence-corrected chi connectivity index (χ2v) is 3.18. The number of rotatable bonds is 4. The van der Waals surface area contributed by atoms with Crippen LogP contribution in [0.2, 0.25) is 0 Å². The van der Waals surface area contributed by atoms with Crippen molar-refractivity contribution >= 4 is 17.3 Å². The van der Waals surface area contributed by atoms with E-state index >= 15 is 0 Å². The van der Waals surface area contributed by atoms with Crippen molar-refractivity contribution in [2.45, 2.75) is 6.92 Å². The SMILES string of the molecule is CCOC(=O)c1cc([N+](=O)[O-])c(N)c(F)c1OC. The topological polar surface area (TPSA) is 105 Å². The second-order valence-electron chi connectivity index (χ2n) is 3.18. The summed E-state index contributed by atoms with van der Waals surface area (Å²) < 4.78 is 23.1. The lowest BCUT2D eigenvalue weighted by atomic mass is 10.1. The van der Waals surface area contributed by atoms with Gasteiger partial charge in [-0.3, -0.25) is 10.1 Å². The molecule has 0 atom stereocenters. The summed E-state index contributed by atoms with van der Waals surface area (Å²) >= 11 is 0. The van der Waals surface area contributed by atoms with E-state index in [1.165, 1.54) is 0 Å². The van der Waals surface area contributed by atoms with Crippen molar-refractivity contribution < 1.29 is 23.6 Å². The first-order valence-corrected chi connectivity index (χ1v) is 4.91. The molecule has 0 saturated carbocycles. The predicted octanol–water partition coefficient (Wildman–Crippen LogP) is 1.50. The molecule has 8 heteroatoms. The number of carbonyl (C=O) groups excluding carboxylic acids is 1. The van der Waals surface area contributed by atoms with Crippen LogP contribution in [0.4, 0.5) is 15.8 Å². The Morgan fingerprint density at radius 3 is 2.67 bits per heavy atom. The van der Waals surface area contributed by atoms with E-state index in [4.69, 9.17) is 5.73 Å². The van der Waals surface area contributed by atoms with E-state index in [0.29, 0.717) is 0 Å². The van der Waals surface area contributed by atoms with Crippen LogP contribution in [-0.2, 0) is 4.74 Å². The van der Waals surface area contributed by atoms with Crippen LogP contribution >= 0.6 is 0 Å². The standard InChI is InChI=1S/C10H11FN2O5/c1-3-18-10(14)5-4-6(13(15)16)8(12)7(11)9(5)17-2/h4H,3,12H2,1-2H3. The zero-order valence-electron chi connectivity index (χ0n) is 9.73. The summed E-state index contributed by atoms with van der Waals surface area (Å²) in [6.07, 6.45) is 0. The number of nitro benzene ring substituents is 1. The number of ether oxygens (including phenoxy) is 2. The number of esters is 1. The molecule has 0 aliphatic rings. The summed E-state index contributed by atoms with van der Waals surface area (Å²) in [5.41, 5.74) is 3.48. The number of benzene rings is 1. The van der Waals surface area contributed by atoms with Gasteiger partial charge in [-0.05, 0) is 6.92 Å². The molecule has 0 unspecified atom stereocenters. The number of carbonyl (C=O) groups is 1. The van der Waals surface area contributed by atoms with Gasteiger partial charge in [0.1, 0.15) is 5.56 Å². The van der Waals surface area contributed by atoms with E-state index in [1.54, 1.807) is 6.92 Å². The molecule has 0 amide bonds. The molecule has 98 valence electrons. The van der Waals surface area contributed by atoms with Crippen LogP contribution in [0.1, 0.15) is 17.3 Å². The number of nitrogen functional groups attached to an aromatic ring is 1. The highest BCUT2D eigenvalue weighted by molar-refractivity contribution is 5.94. The zero-order valence-corrected chi connectivity index (χ0v) is 9.73. The number of halogens is 1. The van der Waals surface area contributed by atoms with Crippen molar-refractivity contribution in [3.63, 3.8) is 0 Å². The van der Waals surface area contributed by atoms with E-state index in [2.05, 4.69) is 9.47 Å². The molecule has 0 saturated heterocycles. The van der Waals surface area contributed by atoms with E-state index in [1.807, 2.05) is 0 Å². The van der Waals surface area contributed by atoms with Gasteiger partial charge in [0.05, 0.1) is 18.6 Å². The lowest BCUT2D eigenvalue weighted by Crippen LogP contribution is -2.11. The van der Waals surface area contributed by atoms with Gasteiger partial charge in [-0.1, -0.05) is 0 Å². The molecular weight excluding hydrogens is 247 g/mol. The Morgan fingerprint density at radius 2 is 2.22 bits per heavy atom. The summed E-state index contributed by atoms with van der Waals surface area (Å²) in [4.78, 5) is 21.3. The number of nitrogens with two attached hydrogens (primary N) is 1. The van der Waals surface area contributed by atoms with Gasteiger partial charge in [-0.15, -0.1) is 0 Å². The second kappa shape index (κ2) is 5.30. The largest absolute Gasteiger partial charge is 0.493 e. The van der Waals surface area contributed by atoms with Gasteiger partial charge in [-0.2, -0.15) is 0 Å². The first-order chi connectivity index (χ1) is 8.43. The van der Waals surface area contributed by atoms with Gasteiger partial charge in [0.2, 0.25) is 0 Å². The molecule has 2 N–H and O–H groups in total. The number of hydrogen-bond donors (Lipinski definition) is 1. The summed E-state index contributed by atoms with van der Waals surface area (Å²) in [7, 11) is 1.12. The lowest BCUT2D eigenvalue weighted by Gasteiger charge is -2.10. The highest BCUT2D eigenvalue weighted by atomic mass is 19.1. The Bertz CT molecular complexity index is 504. The van der Waals surface area contributed by atoms with Gasteiger partial charge in [-0.25, -0.2) is 9.18 Å². The molecule has 0 fully saturated rings. The molecule has 1 aromatic carbocycles. The highest BCUT2D eigenvalue weighted by Crippen LogP contribution is 2.35. The zero-order chi connectivity index (χ0) is 13.9. The number of hydrogen-bond acceptors (Lipinski definition) is 6. The molecular formula is C10H11FN2O5. The van der Waals surface area contributed by atoms with Gasteiger partial charge < -0.3 is 15.2 Å².